The lowest BCUT2D eigenvalue weighted by molar-refractivity contribution is 0.0691. The molecule has 0 saturated heterocycles. The minimum atomic E-state index is -1.00. The molecule has 0 bridgehead atoms. The van der Waals surface area contributed by atoms with Crippen LogP contribution in [-0.4, -0.2) is 40.1 Å². The van der Waals surface area contributed by atoms with Crippen LogP contribution in [0, 0.1) is 0 Å². The van der Waals surface area contributed by atoms with Gasteiger partial charge in [0.05, 0.1) is 5.39 Å². The van der Waals surface area contributed by atoms with Crippen molar-refractivity contribution >= 4 is 22.8 Å². The number of hydrogen-bond acceptors (Lipinski definition) is 4. The number of aromatic amines is 1. The summed E-state index contributed by atoms with van der Waals surface area (Å²) >= 11 is 0. The Bertz CT molecular complexity index is 518. The summed E-state index contributed by atoms with van der Waals surface area (Å²) in [5.74, 6) is -0.304. The molecule has 0 spiro atoms. The van der Waals surface area contributed by atoms with Crippen molar-refractivity contribution in [2.75, 3.05) is 19.0 Å². The van der Waals surface area contributed by atoms with Crippen LogP contribution in [0.5, 0.6) is 0 Å². The molecule has 2 rings (SSSR count). The van der Waals surface area contributed by atoms with Gasteiger partial charge in [0.15, 0.2) is 0 Å². The number of carboxylic acids is 1. The quantitative estimate of drug-likeness (QED) is 0.756. The van der Waals surface area contributed by atoms with Gasteiger partial charge in [0, 0.05) is 14.1 Å². The van der Waals surface area contributed by atoms with Crippen LogP contribution in [0.15, 0.2) is 12.4 Å². The molecule has 6 heteroatoms. The fraction of sp³-hybridized carbons (Fsp3) is 0.222. The molecule has 0 radical (unpaired) electrons. The number of nitrogens with one attached hydrogen (secondary N) is 1. The van der Waals surface area contributed by atoms with E-state index in [1.54, 1.807) is 0 Å². The van der Waals surface area contributed by atoms with Crippen molar-refractivity contribution < 1.29 is 9.90 Å². The first-order valence-electron chi connectivity index (χ1n) is 4.34. The Morgan fingerprint density at radius 3 is 2.80 bits per heavy atom. The summed E-state index contributed by atoms with van der Waals surface area (Å²) < 4.78 is 0. The van der Waals surface area contributed by atoms with Crippen molar-refractivity contribution in [2.24, 2.45) is 0 Å². The SMILES string of the molecule is CN(C)c1ncnc2[nH]c(C(=O)O)cc12. The molecular formula is C9H10N4O2. The van der Waals surface area contributed by atoms with Gasteiger partial charge in [-0.15, -0.1) is 0 Å². The molecule has 0 fully saturated rings. The van der Waals surface area contributed by atoms with Crippen molar-refractivity contribution in [2.45, 2.75) is 0 Å². The fourth-order valence-corrected chi connectivity index (χ4v) is 1.40. The monoisotopic (exact) mass is 206 g/mol. The van der Waals surface area contributed by atoms with E-state index in [1.807, 2.05) is 19.0 Å². The highest BCUT2D eigenvalue weighted by Crippen LogP contribution is 2.21. The number of nitrogens with zero attached hydrogens (tertiary/aromatic N) is 3. The highest BCUT2D eigenvalue weighted by molar-refractivity contribution is 5.96. The van der Waals surface area contributed by atoms with E-state index in [2.05, 4.69) is 15.0 Å². The molecule has 6 nitrogen and oxygen atoms in total. The van der Waals surface area contributed by atoms with Crippen LogP contribution < -0.4 is 4.90 Å². The number of carbonyl (C=O) groups is 1. The second kappa shape index (κ2) is 3.23. The van der Waals surface area contributed by atoms with E-state index in [0.29, 0.717) is 16.9 Å². The van der Waals surface area contributed by atoms with E-state index in [1.165, 1.54) is 12.4 Å². The van der Waals surface area contributed by atoms with Gasteiger partial charge in [-0.1, -0.05) is 0 Å². The van der Waals surface area contributed by atoms with E-state index < -0.39 is 5.97 Å². The minimum Gasteiger partial charge on any atom is -0.477 e. The van der Waals surface area contributed by atoms with Crippen LogP contribution in [0.3, 0.4) is 0 Å². The van der Waals surface area contributed by atoms with Crippen LogP contribution in [-0.2, 0) is 0 Å². The summed E-state index contributed by atoms with van der Waals surface area (Å²) in [6.07, 6.45) is 1.40. The molecule has 0 saturated carbocycles. The third-order valence-corrected chi connectivity index (χ3v) is 2.06. The van der Waals surface area contributed by atoms with E-state index in [0.717, 1.165) is 0 Å². The predicted molar refractivity (Wildman–Crippen MR) is 55.2 cm³/mol. The van der Waals surface area contributed by atoms with Gasteiger partial charge in [0.1, 0.15) is 23.5 Å². The van der Waals surface area contributed by atoms with Gasteiger partial charge in [0.25, 0.3) is 0 Å². The standard InChI is InChI=1S/C9H10N4O2/c1-13(2)8-5-3-6(9(14)15)12-7(5)10-4-11-8/h3-4H,1-2H3,(H,14,15)(H,10,11,12). The largest absolute Gasteiger partial charge is 0.477 e. The van der Waals surface area contributed by atoms with Crippen LogP contribution in [0.1, 0.15) is 10.5 Å². The first kappa shape index (κ1) is 9.45. The molecule has 0 aliphatic heterocycles. The van der Waals surface area contributed by atoms with Gasteiger partial charge in [-0.25, -0.2) is 14.8 Å². The number of aromatic carboxylic acids is 1. The van der Waals surface area contributed by atoms with Crippen molar-refractivity contribution in [1.29, 1.82) is 0 Å². The third kappa shape index (κ3) is 1.50. The van der Waals surface area contributed by atoms with Gasteiger partial charge in [0.2, 0.25) is 0 Å². The second-order valence-electron chi connectivity index (χ2n) is 3.34. The lowest BCUT2D eigenvalue weighted by Gasteiger charge is -2.10. The summed E-state index contributed by atoms with van der Waals surface area (Å²) in [6.45, 7) is 0. The number of fused-ring (bicyclic) bond motifs is 1. The first-order chi connectivity index (χ1) is 7.09. The van der Waals surface area contributed by atoms with Crippen LogP contribution in [0.4, 0.5) is 5.82 Å². The van der Waals surface area contributed by atoms with Crippen molar-refractivity contribution in [3.05, 3.63) is 18.1 Å². The summed E-state index contributed by atoms with van der Waals surface area (Å²) in [7, 11) is 3.68. The average Bonchev–Trinajstić information content (AvgIpc) is 2.60. The lowest BCUT2D eigenvalue weighted by atomic mass is 10.3. The maximum absolute atomic E-state index is 10.8. The summed E-state index contributed by atoms with van der Waals surface area (Å²) in [5.41, 5.74) is 0.653. The van der Waals surface area contributed by atoms with Gasteiger partial charge in [-0.2, -0.15) is 0 Å². The number of H-pyrrole nitrogens is 1. The molecule has 78 valence electrons. The Balaban J connectivity index is 2.69. The van der Waals surface area contributed by atoms with Crippen LogP contribution in [0.25, 0.3) is 11.0 Å². The van der Waals surface area contributed by atoms with E-state index >= 15 is 0 Å². The molecule has 0 atom stereocenters. The van der Waals surface area contributed by atoms with Gasteiger partial charge in [-0.05, 0) is 6.07 Å². The number of aromatic nitrogens is 3. The van der Waals surface area contributed by atoms with Crippen molar-refractivity contribution in [1.82, 2.24) is 15.0 Å². The molecule has 0 aliphatic rings. The highest BCUT2D eigenvalue weighted by Gasteiger charge is 2.12. The van der Waals surface area contributed by atoms with Crippen molar-refractivity contribution in [3.63, 3.8) is 0 Å². The average molecular weight is 206 g/mol. The molecule has 0 unspecified atom stereocenters. The van der Waals surface area contributed by atoms with Crippen LogP contribution in [0.2, 0.25) is 0 Å². The Hall–Kier alpha value is -2.11. The van der Waals surface area contributed by atoms with E-state index in [9.17, 15) is 4.79 Å². The maximum atomic E-state index is 10.8. The predicted octanol–water partition coefficient (Wildman–Crippen LogP) is 0.722. The molecule has 15 heavy (non-hydrogen) atoms. The molecule has 2 N–H and O–H groups in total. The molecule has 0 aliphatic carbocycles. The molecule has 0 amide bonds. The number of carboxylic acid groups (broad SMARTS) is 1. The number of anilines is 1. The maximum Gasteiger partial charge on any atom is 0.352 e. The Morgan fingerprint density at radius 1 is 1.47 bits per heavy atom. The normalized spacial score (nSPS) is 10.5. The zero-order valence-corrected chi connectivity index (χ0v) is 8.35. The van der Waals surface area contributed by atoms with E-state index in [4.69, 9.17) is 5.11 Å². The van der Waals surface area contributed by atoms with E-state index in [-0.39, 0.29) is 5.69 Å². The minimum absolute atomic E-state index is 0.119. The summed E-state index contributed by atoms with van der Waals surface area (Å²) in [4.78, 5) is 23.3. The Morgan fingerprint density at radius 2 is 2.20 bits per heavy atom. The fourth-order valence-electron chi connectivity index (χ4n) is 1.40. The number of hydrogen-bond donors (Lipinski definition) is 2. The molecule has 0 aromatic carbocycles. The zero-order chi connectivity index (χ0) is 11.0. The smallest absolute Gasteiger partial charge is 0.352 e. The van der Waals surface area contributed by atoms with Crippen LogP contribution >= 0.6 is 0 Å². The van der Waals surface area contributed by atoms with Gasteiger partial charge < -0.3 is 15.0 Å². The van der Waals surface area contributed by atoms with Crippen molar-refractivity contribution in [3.8, 4) is 0 Å². The second-order valence-corrected chi connectivity index (χ2v) is 3.34. The lowest BCUT2D eigenvalue weighted by Crippen LogP contribution is -2.10. The summed E-state index contributed by atoms with van der Waals surface area (Å²) in [6, 6.07) is 1.53. The zero-order valence-electron chi connectivity index (χ0n) is 8.35. The van der Waals surface area contributed by atoms with Gasteiger partial charge in [-0.3, -0.25) is 0 Å². The molecule has 2 heterocycles. The molecular weight excluding hydrogens is 196 g/mol. The molecule has 2 aromatic rings. The Kier molecular flexibility index (Phi) is 2.03. The topological polar surface area (TPSA) is 82.1 Å². The highest BCUT2D eigenvalue weighted by atomic mass is 16.4. The first-order valence-corrected chi connectivity index (χ1v) is 4.34. The third-order valence-electron chi connectivity index (χ3n) is 2.06. The Labute approximate surface area is 85.6 Å². The van der Waals surface area contributed by atoms with Gasteiger partial charge >= 0.3 is 5.97 Å². The number of rotatable bonds is 2. The summed E-state index contributed by atoms with van der Waals surface area (Å²) in [5, 5.41) is 9.53. The molecule has 2 aromatic heterocycles.